The third-order valence-electron chi connectivity index (χ3n) is 3.23. The first-order valence-electron chi connectivity index (χ1n) is 6.23. The second-order valence-corrected chi connectivity index (χ2v) is 4.84. The van der Waals surface area contributed by atoms with Gasteiger partial charge in [-0.15, -0.1) is 0 Å². The zero-order valence-corrected chi connectivity index (χ0v) is 11.1. The fourth-order valence-corrected chi connectivity index (χ4v) is 2.56. The molecule has 0 fully saturated rings. The van der Waals surface area contributed by atoms with Crippen LogP contribution in [0.3, 0.4) is 0 Å². The standard InChI is InChI=1S/C16H9ClN2O/c17-14-13-11-8-4-5-9-12(11)20-16(13)19-15(18-14)10-6-2-1-3-7-10/h1-9H. The second kappa shape index (κ2) is 4.32. The summed E-state index contributed by atoms with van der Waals surface area (Å²) < 4.78 is 5.76. The lowest BCUT2D eigenvalue weighted by atomic mass is 10.2. The van der Waals surface area contributed by atoms with Crippen LogP contribution < -0.4 is 0 Å². The molecule has 0 unspecified atom stereocenters. The van der Waals surface area contributed by atoms with Gasteiger partial charge >= 0.3 is 0 Å². The number of aromatic nitrogens is 2. The Bertz CT molecular complexity index is 916. The van der Waals surface area contributed by atoms with Crippen LogP contribution >= 0.6 is 11.6 Å². The lowest BCUT2D eigenvalue weighted by Gasteiger charge is -2.00. The monoisotopic (exact) mass is 280 g/mol. The van der Waals surface area contributed by atoms with Gasteiger partial charge in [0, 0.05) is 10.9 Å². The molecule has 20 heavy (non-hydrogen) atoms. The quantitative estimate of drug-likeness (QED) is 0.475. The van der Waals surface area contributed by atoms with Crippen LogP contribution in [-0.4, -0.2) is 9.97 Å². The number of benzene rings is 2. The smallest absolute Gasteiger partial charge is 0.232 e. The van der Waals surface area contributed by atoms with Crippen LogP contribution in [-0.2, 0) is 0 Å². The molecule has 3 nitrogen and oxygen atoms in total. The van der Waals surface area contributed by atoms with E-state index in [1.54, 1.807) is 0 Å². The first-order chi connectivity index (χ1) is 9.83. The van der Waals surface area contributed by atoms with Crippen LogP contribution in [0.4, 0.5) is 0 Å². The predicted octanol–water partition coefficient (Wildman–Crippen LogP) is 4.70. The summed E-state index contributed by atoms with van der Waals surface area (Å²) in [5.74, 6) is 0.571. The molecule has 0 N–H and O–H groups in total. The largest absolute Gasteiger partial charge is 0.438 e. The van der Waals surface area contributed by atoms with E-state index < -0.39 is 0 Å². The Labute approximate surface area is 119 Å². The number of para-hydroxylation sites is 1. The molecule has 96 valence electrons. The Hall–Kier alpha value is -2.39. The van der Waals surface area contributed by atoms with Gasteiger partial charge in [0.25, 0.3) is 0 Å². The van der Waals surface area contributed by atoms with Crippen molar-refractivity contribution in [1.82, 2.24) is 9.97 Å². The van der Waals surface area contributed by atoms with Crippen LogP contribution in [0.5, 0.6) is 0 Å². The highest BCUT2D eigenvalue weighted by atomic mass is 35.5. The second-order valence-electron chi connectivity index (χ2n) is 4.48. The SMILES string of the molecule is Clc1nc(-c2ccccc2)nc2oc3ccccc3c12. The number of hydrogen-bond acceptors (Lipinski definition) is 3. The number of halogens is 1. The zero-order chi connectivity index (χ0) is 13.5. The van der Waals surface area contributed by atoms with Gasteiger partial charge in [-0.05, 0) is 6.07 Å². The molecule has 4 rings (SSSR count). The summed E-state index contributed by atoms with van der Waals surface area (Å²) >= 11 is 6.32. The van der Waals surface area contributed by atoms with E-state index in [1.807, 2.05) is 54.6 Å². The minimum Gasteiger partial charge on any atom is -0.438 e. The lowest BCUT2D eigenvalue weighted by Crippen LogP contribution is -1.89. The van der Waals surface area contributed by atoms with Crippen LogP contribution in [0.25, 0.3) is 33.5 Å². The van der Waals surface area contributed by atoms with Crippen LogP contribution in [0.1, 0.15) is 0 Å². The number of furan rings is 1. The summed E-state index contributed by atoms with van der Waals surface area (Å²) in [6, 6.07) is 17.4. The van der Waals surface area contributed by atoms with Crippen molar-refractivity contribution in [3.05, 3.63) is 59.8 Å². The van der Waals surface area contributed by atoms with Gasteiger partial charge in [0.1, 0.15) is 10.7 Å². The molecule has 0 saturated heterocycles. The summed E-state index contributed by atoms with van der Waals surface area (Å²) in [5, 5.41) is 2.12. The number of fused-ring (bicyclic) bond motifs is 3. The van der Waals surface area contributed by atoms with E-state index in [-0.39, 0.29) is 0 Å². The maximum Gasteiger partial charge on any atom is 0.232 e. The third-order valence-corrected chi connectivity index (χ3v) is 3.50. The molecule has 0 radical (unpaired) electrons. The Morgan fingerprint density at radius 2 is 1.60 bits per heavy atom. The molecular formula is C16H9ClN2O. The minimum absolute atomic E-state index is 0.416. The summed E-state index contributed by atoms with van der Waals surface area (Å²) in [6.45, 7) is 0. The van der Waals surface area contributed by atoms with Crippen LogP contribution in [0.15, 0.2) is 59.0 Å². The Balaban J connectivity index is 2.06. The molecule has 4 aromatic rings. The predicted molar refractivity (Wildman–Crippen MR) is 79.8 cm³/mol. The van der Waals surface area contributed by atoms with E-state index in [1.165, 1.54) is 0 Å². The molecule has 0 saturated carbocycles. The Morgan fingerprint density at radius 1 is 0.850 bits per heavy atom. The summed E-state index contributed by atoms with van der Waals surface area (Å²) in [5.41, 5.74) is 2.20. The molecule has 0 aliphatic carbocycles. The summed E-state index contributed by atoms with van der Waals surface area (Å²) in [7, 11) is 0. The molecule has 0 aliphatic heterocycles. The molecule has 0 aliphatic rings. The van der Waals surface area contributed by atoms with Crippen molar-refractivity contribution in [1.29, 1.82) is 0 Å². The highest BCUT2D eigenvalue weighted by Crippen LogP contribution is 2.33. The number of hydrogen-bond donors (Lipinski definition) is 0. The van der Waals surface area contributed by atoms with Crippen LogP contribution in [0.2, 0.25) is 5.15 Å². The van der Waals surface area contributed by atoms with Crippen LogP contribution in [0, 0.1) is 0 Å². The number of nitrogens with zero attached hydrogens (tertiary/aromatic N) is 2. The van der Waals surface area contributed by atoms with E-state index in [0.717, 1.165) is 21.9 Å². The van der Waals surface area contributed by atoms with E-state index in [9.17, 15) is 0 Å². The highest BCUT2D eigenvalue weighted by molar-refractivity contribution is 6.36. The van der Waals surface area contributed by atoms with Gasteiger partial charge in [-0.3, -0.25) is 0 Å². The molecular weight excluding hydrogens is 272 g/mol. The molecule has 0 spiro atoms. The molecule has 4 heteroatoms. The van der Waals surface area contributed by atoms with Gasteiger partial charge in [0.15, 0.2) is 5.82 Å². The van der Waals surface area contributed by atoms with Crippen molar-refractivity contribution in [2.75, 3.05) is 0 Å². The lowest BCUT2D eigenvalue weighted by molar-refractivity contribution is 0.653. The van der Waals surface area contributed by atoms with Gasteiger partial charge in [-0.1, -0.05) is 60.1 Å². The van der Waals surface area contributed by atoms with E-state index in [0.29, 0.717) is 16.7 Å². The fourth-order valence-electron chi connectivity index (χ4n) is 2.30. The average molecular weight is 281 g/mol. The average Bonchev–Trinajstić information content (AvgIpc) is 2.87. The van der Waals surface area contributed by atoms with E-state index >= 15 is 0 Å². The topological polar surface area (TPSA) is 38.9 Å². The van der Waals surface area contributed by atoms with Gasteiger partial charge in [0.2, 0.25) is 5.71 Å². The fraction of sp³-hybridized carbons (Fsp3) is 0. The maximum absolute atomic E-state index is 6.32. The number of rotatable bonds is 1. The van der Waals surface area contributed by atoms with Crippen molar-refractivity contribution in [2.24, 2.45) is 0 Å². The van der Waals surface area contributed by atoms with Crippen molar-refractivity contribution in [3.63, 3.8) is 0 Å². The van der Waals surface area contributed by atoms with Gasteiger partial charge < -0.3 is 4.42 Å². The highest BCUT2D eigenvalue weighted by Gasteiger charge is 2.14. The Kier molecular flexibility index (Phi) is 2.47. The van der Waals surface area contributed by atoms with Crippen molar-refractivity contribution < 1.29 is 4.42 Å². The summed E-state index contributed by atoms with van der Waals surface area (Å²) in [6.07, 6.45) is 0. The molecule has 2 heterocycles. The maximum atomic E-state index is 6.32. The molecule has 0 bridgehead atoms. The molecule has 0 atom stereocenters. The van der Waals surface area contributed by atoms with E-state index in [2.05, 4.69) is 9.97 Å². The normalized spacial score (nSPS) is 11.2. The van der Waals surface area contributed by atoms with E-state index in [4.69, 9.17) is 16.0 Å². The zero-order valence-electron chi connectivity index (χ0n) is 10.4. The van der Waals surface area contributed by atoms with Gasteiger partial charge in [-0.25, -0.2) is 4.98 Å². The van der Waals surface area contributed by atoms with Crippen molar-refractivity contribution >= 4 is 33.7 Å². The van der Waals surface area contributed by atoms with Gasteiger partial charge in [0.05, 0.1) is 5.39 Å². The Morgan fingerprint density at radius 3 is 2.45 bits per heavy atom. The molecule has 0 amide bonds. The molecule has 2 aromatic heterocycles. The first-order valence-corrected chi connectivity index (χ1v) is 6.61. The third kappa shape index (κ3) is 1.67. The molecule has 2 aromatic carbocycles. The van der Waals surface area contributed by atoms with Crippen molar-refractivity contribution in [3.8, 4) is 11.4 Å². The van der Waals surface area contributed by atoms with Crippen molar-refractivity contribution in [2.45, 2.75) is 0 Å². The van der Waals surface area contributed by atoms with Gasteiger partial charge in [-0.2, -0.15) is 4.98 Å². The first kappa shape index (κ1) is 11.4. The summed E-state index contributed by atoms with van der Waals surface area (Å²) in [4.78, 5) is 8.87. The minimum atomic E-state index is 0.416.